The van der Waals surface area contributed by atoms with Crippen LogP contribution < -0.4 is 9.47 Å². The Morgan fingerprint density at radius 1 is 0.966 bits per heavy atom. The number of benzene rings is 2. The Morgan fingerprint density at radius 3 is 2.55 bits per heavy atom. The molecule has 0 bridgehead atoms. The molecular weight excluding hydrogens is 374 g/mol. The van der Waals surface area contributed by atoms with Crippen molar-refractivity contribution in [1.29, 1.82) is 0 Å². The van der Waals surface area contributed by atoms with Crippen molar-refractivity contribution in [1.82, 2.24) is 9.47 Å². The topological polar surface area (TPSA) is 26.6 Å². The van der Waals surface area contributed by atoms with E-state index in [-0.39, 0.29) is 6.04 Å². The van der Waals surface area contributed by atoms with Gasteiger partial charge in [0.2, 0.25) is 0 Å². The van der Waals surface area contributed by atoms with Gasteiger partial charge in [0.15, 0.2) is 11.5 Å². The molecule has 0 spiro atoms. The molecule has 1 atom stereocenters. The molecule has 1 unspecified atom stereocenters. The molecule has 0 amide bonds. The maximum Gasteiger partial charge on any atom is 0.161 e. The Hall–Kier alpha value is -2.86. The van der Waals surface area contributed by atoms with E-state index in [0.717, 1.165) is 36.8 Å². The summed E-state index contributed by atoms with van der Waals surface area (Å²) in [5.74, 6) is 0.235. The van der Waals surface area contributed by atoms with Crippen molar-refractivity contribution in [3.05, 3.63) is 83.2 Å². The molecule has 29 heavy (non-hydrogen) atoms. The van der Waals surface area contributed by atoms with Crippen LogP contribution in [0.1, 0.15) is 29.3 Å². The summed E-state index contributed by atoms with van der Waals surface area (Å²) >= 11 is 0. The van der Waals surface area contributed by atoms with Gasteiger partial charge in [0.05, 0.1) is 20.3 Å². The average molecular weight is 398 g/mol. The first-order valence-corrected chi connectivity index (χ1v) is 9.65. The number of aryl methyl sites for hydroxylation is 1. The third-order valence-electron chi connectivity index (χ3n) is 5.44. The SMILES string of the molecule is COc1ccc(CN2CCCn3cccc3C2c2ccc(F)cc2F)cc1OC. The Kier molecular flexibility index (Phi) is 5.53. The summed E-state index contributed by atoms with van der Waals surface area (Å²) in [4.78, 5) is 2.23. The molecule has 4 rings (SSSR count). The molecule has 0 radical (unpaired) electrons. The van der Waals surface area contributed by atoms with Crippen LogP contribution in [0.5, 0.6) is 11.5 Å². The summed E-state index contributed by atoms with van der Waals surface area (Å²) in [6, 6.07) is 13.3. The fourth-order valence-electron chi connectivity index (χ4n) is 4.10. The second-order valence-corrected chi connectivity index (χ2v) is 7.21. The van der Waals surface area contributed by atoms with Gasteiger partial charge in [0.25, 0.3) is 0 Å². The highest BCUT2D eigenvalue weighted by Gasteiger charge is 2.29. The standard InChI is InChI=1S/C23H24F2N2O2/c1-28-21-9-6-16(13-22(21)29-2)15-27-12-4-11-26-10-3-5-20(26)23(27)18-8-7-17(24)14-19(18)25/h3,5-10,13-14,23H,4,11-12,15H2,1-2H3. The van der Waals surface area contributed by atoms with Crippen LogP contribution in [0.25, 0.3) is 0 Å². The largest absolute Gasteiger partial charge is 0.493 e. The summed E-state index contributed by atoms with van der Waals surface area (Å²) in [5.41, 5.74) is 2.53. The molecule has 6 heteroatoms. The number of methoxy groups -OCH3 is 2. The number of halogens is 2. The van der Waals surface area contributed by atoms with E-state index in [1.165, 1.54) is 6.07 Å². The highest BCUT2D eigenvalue weighted by atomic mass is 19.1. The van der Waals surface area contributed by atoms with Gasteiger partial charge in [-0.15, -0.1) is 0 Å². The minimum Gasteiger partial charge on any atom is -0.493 e. The zero-order chi connectivity index (χ0) is 20.4. The maximum atomic E-state index is 14.8. The van der Waals surface area contributed by atoms with Crippen molar-refractivity contribution in [2.45, 2.75) is 25.6 Å². The average Bonchev–Trinajstić information content (AvgIpc) is 3.11. The van der Waals surface area contributed by atoms with E-state index in [4.69, 9.17) is 9.47 Å². The van der Waals surface area contributed by atoms with Crippen LogP contribution in [0.15, 0.2) is 54.7 Å². The maximum absolute atomic E-state index is 14.8. The Labute approximate surface area is 169 Å². The normalized spacial score (nSPS) is 16.9. The molecule has 0 saturated heterocycles. The molecule has 2 heterocycles. The van der Waals surface area contributed by atoms with Crippen LogP contribution >= 0.6 is 0 Å². The summed E-state index contributed by atoms with van der Waals surface area (Å²) < 4.78 is 41.2. The number of hydrogen-bond donors (Lipinski definition) is 0. The molecule has 0 N–H and O–H groups in total. The Morgan fingerprint density at radius 2 is 1.79 bits per heavy atom. The smallest absolute Gasteiger partial charge is 0.161 e. The van der Waals surface area contributed by atoms with Gasteiger partial charge >= 0.3 is 0 Å². The minimum atomic E-state index is -0.568. The zero-order valence-corrected chi connectivity index (χ0v) is 16.6. The molecule has 2 aromatic carbocycles. The number of nitrogens with zero attached hydrogens (tertiary/aromatic N) is 2. The molecule has 1 aromatic heterocycles. The number of aromatic nitrogens is 1. The molecule has 1 aliphatic heterocycles. The van der Waals surface area contributed by atoms with Crippen molar-refractivity contribution >= 4 is 0 Å². The third kappa shape index (κ3) is 3.85. The van der Waals surface area contributed by atoms with E-state index in [1.807, 2.05) is 36.5 Å². The van der Waals surface area contributed by atoms with E-state index in [2.05, 4.69) is 9.47 Å². The minimum absolute atomic E-state index is 0.304. The third-order valence-corrected chi connectivity index (χ3v) is 5.44. The summed E-state index contributed by atoms with van der Waals surface area (Å²) in [7, 11) is 3.21. The van der Waals surface area contributed by atoms with Gasteiger partial charge in [-0.2, -0.15) is 0 Å². The van der Waals surface area contributed by atoms with Gasteiger partial charge in [-0.1, -0.05) is 12.1 Å². The zero-order valence-electron chi connectivity index (χ0n) is 16.6. The van der Waals surface area contributed by atoms with Gasteiger partial charge < -0.3 is 14.0 Å². The molecule has 0 fully saturated rings. The van der Waals surface area contributed by atoms with Gasteiger partial charge in [-0.05, 0) is 42.3 Å². The van der Waals surface area contributed by atoms with Crippen molar-refractivity contribution < 1.29 is 18.3 Å². The van der Waals surface area contributed by atoms with E-state index < -0.39 is 11.6 Å². The molecule has 1 aliphatic rings. The van der Waals surface area contributed by atoms with Crippen molar-refractivity contribution in [2.24, 2.45) is 0 Å². The molecule has 4 nitrogen and oxygen atoms in total. The van der Waals surface area contributed by atoms with E-state index >= 15 is 0 Å². The summed E-state index contributed by atoms with van der Waals surface area (Å²) in [5, 5.41) is 0. The number of fused-ring (bicyclic) bond motifs is 1. The fraction of sp³-hybridized carbons (Fsp3) is 0.304. The van der Waals surface area contributed by atoms with Crippen LogP contribution in [0.2, 0.25) is 0 Å². The second-order valence-electron chi connectivity index (χ2n) is 7.21. The predicted molar refractivity (Wildman–Crippen MR) is 107 cm³/mol. The first-order chi connectivity index (χ1) is 14.1. The lowest BCUT2D eigenvalue weighted by molar-refractivity contribution is 0.216. The van der Waals surface area contributed by atoms with Gasteiger partial charge in [-0.25, -0.2) is 8.78 Å². The van der Waals surface area contributed by atoms with Crippen LogP contribution in [0.4, 0.5) is 8.78 Å². The van der Waals surface area contributed by atoms with E-state index in [1.54, 1.807) is 20.3 Å². The van der Waals surface area contributed by atoms with Crippen molar-refractivity contribution in [3.8, 4) is 11.5 Å². The van der Waals surface area contributed by atoms with Gasteiger partial charge in [0.1, 0.15) is 11.6 Å². The predicted octanol–water partition coefficient (Wildman–Crippen LogP) is 4.78. The molecule has 0 aliphatic carbocycles. The number of ether oxygens (including phenoxy) is 2. The number of rotatable bonds is 5. The highest BCUT2D eigenvalue weighted by Crippen LogP contribution is 2.36. The monoisotopic (exact) mass is 398 g/mol. The Bertz CT molecular complexity index is 1000. The van der Waals surface area contributed by atoms with E-state index in [9.17, 15) is 8.78 Å². The van der Waals surface area contributed by atoms with Crippen molar-refractivity contribution in [3.63, 3.8) is 0 Å². The second kappa shape index (κ2) is 8.25. The van der Waals surface area contributed by atoms with Crippen LogP contribution in [0, 0.1) is 11.6 Å². The first kappa shape index (κ1) is 19.5. The fourth-order valence-corrected chi connectivity index (χ4v) is 4.10. The lowest BCUT2D eigenvalue weighted by Gasteiger charge is -2.31. The van der Waals surface area contributed by atoms with Gasteiger partial charge in [-0.3, -0.25) is 4.90 Å². The highest BCUT2D eigenvalue weighted by molar-refractivity contribution is 5.43. The molecule has 0 saturated carbocycles. The van der Waals surface area contributed by atoms with Crippen LogP contribution in [-0.2, 0) is 13.1 Å². The summed E-state index contributed by atoms with van der Waals surface area (Å²) in [6.45, 7) is 2.26. The first-order valence-electron chi connectivity index (χ1n) is 9.65. The van der Waals surface area contributed by atoms with E-state index in [0.29, 0.717) is 23.6 Å². The lowest BCUT2D eigenvalue weighted by atomic mass is 10.00. The van der Waals surface area contributed by atoms with Crippen LogP contribution in [-0.4, -0.2) is 30.2 Å². The molecule has 3 aromatic rings. The molecular formula is C23H24F2N2O2. The lowest BCUT2D eigenvalue weighted by Crippen LogP contribution is -2.30. The Balaban J connectivity index is 1.74. The van der Waals surface area contributed by atoms with Gasteiger partial charge in [0, 0.05) is 43.2 Å². The molecule has 152 valence electrons. The quantitative estimate of drug-likeness (QED) is 0.619. The van der Waals surface area contributed by atoms with Crippen LogP contribution in [0.3, 0.4) is 0 Å². The number of hydrogen-bond acceptors (Lipinski definition) is 3. The van der Waals surface area contributed by atoms with Crippen molar-refractivity contribution in [2.75, 3.05) is 20.8 Å². The summed E-state index contributed by atoms with van der Waals surface area (Å²) in [6.07, 6.45) is 2.96.